The van der Waals surface area contributed by atoms with Crippen molar-refractivity contribution in [3.05, 3.63) is 59.4 Å². The number of imidazole rings is 1. The van der Waals surface area contributed by atoms with E-state index in [1.54, 1.807) is 0 Å². The number of aldehydes is 1. The third-order valence-electron chi connectivity index (χ3n) is 7.10. The van der Waals surface area contributed by atoms with Crippen LogP contribution in [0.3, 0.4) is 0 Å². The summed E-state index contributed by atoms with van der Waals surface area (Å²) in [5, 5.41) is 0. The van der Waals surface area contributed by atoms with Gasteiger partial charge in [0.1, 0.15) is 12.1 Å². The van der Waals surface area contributed by atoms with Crippen LogP contribution in [0.2, 0.25) is 0 Å². The summed E-state index contributed by atoms with van der Waals surface area (Å²) in [6.45, 7) is 2.29. The minimum atomic E-state index is -0.148. The quantitative estimate of drug-likeness (QED) is 0.575. The van der Waals surface area contributed by atoms with Gasteiger partial charge in [0.15, 0.2) is 0 Å². The second-order valence-electron chi connectivity index (χ2n) is 8.77. The van der Waals surface area contributed by atoms with E-state index in [0.717, 1.165) is 36.0 Å². The molecule has 3 aromatic rings. The number of fused-ring (bicyclic) bond motifs is 3. The van der Waals surface area contributed by atoms with Crippen molar-refractivity contribution < 1.29 is 4.79 Å². The summed E-state index contributed by atoms with van der Waals surface area (Å²) in [5.74, 6) is 0.922. The number of carbonyl (C=O) groups is 1. The van der Waals surface area contributed by atoms with Crippen molar-refractivity contribution in [2.24, 2.45) is 0 Å². The summed E-state index contributed by atoms with van der Waals surface area (Å²) >= 11 is 0. The van der Waals surface area contributed by atoms with Crippen molar-refractivity contribution in [3.8, 4) is 0 Å². The molecule has 5 rings (SSSR count). The number of rotatable bonds is 5. The SMILES string of the molecule is CC1CCc2c(ccc3c2nc(CC(C=O)c2ccccc2)n3C2CCC2)N1C. The molecule has 0 amide bonds. The number of hydrogen-bond acceptors (Lipinski definition) is 3. The fourth-order valence-electron chi connectivity index (χ4n) is 4.95. The number of aryl methyl sites for hydroxylation is 1. The predicted molar refractivity (Wildman–Crippen MR) is 118 cm³/mol. The Morgan fingerprint density at radius 1 is 1.14 bits per heavy atom. The van der Waals surface area contributed by atoms with Gasteiger partial charge in [-0.3, -0.25) is 0 Å². The Labute approximate surface area is 172 Å². The van der Waals surface area contributed by atoms with Crippen LogP contribution in [0.1, 0.15) is 61.5 Å². The molecule has 1 saturated carbocycles. The zero-order valence-corrected chi connectivity index (χ0v) is 17.3. The van der Waals surface area contributed by atoms with E-state index in [1.807, 2.05) is 30.3 Å². The van der Waals surface area contributed by atoms with Crippen LogP contribution < -0.4 is 4.90 Å². The van der Waals surface area contributed by atoms with Gasteiger partial charge in [-0.15, -0.1) is 0 Å². The van der Waals surface area contributed by atoms with Gasteiger partial charge >= 0.3 is 0 Å². The number of benzene rings is 2. The zero-order valence-electron chi connectivity index (χ0n) is 17.3. The lowest BCUT2D eigenvalue weighted by atomic mass is 9.91. The minimum absolute atomic E-state index is 0.148. The molecule has 2 aromatic carbocycles. The first-order chi connectivity index (χ1) is 14.2. The molecule has 2 atom stereocenters. The van der Waals surface area contributed by atoms with Crippen LogP contribution in [0.15, 0.2) is 42.5 Å². The van der Waals surface area contributed by atoms with Gasteiger partial charge in [0.2, 0.25) is 0 Å². The molecule has 2 unspecified atom stereocenters. The van der Waals surface area contributed by atoms with E-state index in [4.69, 9.17) is 4.98 Å². The molecule has 2 heterocycles. The molecule has 29 heavy (non-hydrogen) atoms. The lowest BCUT2D eigenvalue weighted by Gasteiger charge is -2.34. The largest absolute Gasteiger partial charge is 0.372 e. The van der Waals surface area contributed by atoms with E-state index in [-0.39, 0.29) is 5.92 Å². The van der Waals surface area contributed by atoms with Gasteiger partial charge in [-0.25, -0.2) is 4.98 Å². The molecule has 0 saturated heterocycles. The van der Waals surface area contributed by atoms with Gasteiger partial charge < -0.3 is 14.3 Å². The minimum Gasteiger partial charge on any atom is -0.372 e. The third kappa shape index (κ3) is 3.06. The fourth-order valence-corrected chi connectivity index (χ4v) is 4.95. The fraction of sp³-hybridized carbons (Fsp3) is 0.440. The number of hydrogen-bond donors (Lipinski definition) is 0. The van der Waals surface area contributed by atoms with Crippen LogP contribution in [0.5, 0.6) is 0 Å². The summed E-state index contributed by atoms with van der Waals surface area (Å²) in [6.07, 6.45) is 7.70. The van der Waals surface area contributed by atoms with Crippen molar-refractivity contribution in [1.29, 1.82) is 0 Å². The molecule has 0 bridgehead atoms. The van der Waals surface area contributed by atoms with Crippen molar-refractivity contribution >= 4 is 23.0 Å². The molecule has 1 fully saturated rings. The lowest BCUT2D eigenvalue weighted by molar-refractivity contribution is -0.109. The Hall–Kier alpha value is -2.62. The summed E-state index contributed by atoms with van der Waals surface area (Å²) in [7, 11) is 2.19. The highest BCUT2D eigenvalue weighted by atomic mass is 16.1. The van der Waals surface area contributed by atoms with Gasteiger partial charge in [0, 0.05) is 42.7 Å². The van der Waals surface area contributed by atoms with Crippen molar-refractivity contribution in [1.82, 2.24) is 9.55 Å². The Balaban J connectivity index is 1.62. The normalized spacial score (nSPS) is 20.3. The molecule has 150 valence electrons. The van der Waals surface area contributed by atoms with Crippen molar-refractivity contribution in [2.45, 2.75) is 63.5 Å². The van der Waals surface area contributed by atoms with Gasteiger partial charge in [0.05, 0.1) is 11.0 Å². The van der Waals surface area contributed by atoms with Gasteiger partial charge in [-0.05, 0) is 56.7 Å². The van der Waals surface area contributed by atoms with Crippen LogP contribution in [0.25, 0.3) is 11.0 Å². The molecule has 2 aliphatic rings. The van der Waals surface area contributed by atoms with Gasteiger partial charge in [-0.1, -0.05) is 30.3 Å². The van der Waals surface area contributed by atoms with E-state index < -0.39 is 0 Å². The Kier molecular flexibility index (Phi) is 4.65. The Morgan fingerprint density at radius 2 is 1.93 bits per heavy atom. The Bertz CT molecular complexity index is 1040. The molecular weight excluding hydrogens is 358 g/mol. The summed E-state index contributed by atoms with van der Waals surface area (Å²) < 4.78 is 2.45. The summed E-state index contributed by atoms with van der Waals surface area (Å²) in [4.78, 5) is 19.5. The van der Waals surface area contributed by atoms with E-state index >= 15 is 0 Å². The Morgan fingerprint density at radius 3 is 2.62 bits per heavy atom. The molecule has 1 aliphatic heterocycles. The molecule has 0 N–H and O–H groups in total. The topological polar surface area (TPSA) is 38.1 Å². The molecule has 0 radical (unpaired) electrons. The van der Waals surface area contributed by atoms with E-state index in [1.165, 1.54) is 36.0 Å². The first-order valence-electron chi connectivity index (χ1n) is 10.9. The summed E-state index contributed by atoms with van der Waals surface area (Å²) in [5.41, 5.74) is 6.18. The maximum atomic E-state index is 12.0. The highest BCUT2D eigenvalue weighted by Crippen LogP contribution is 2.40. The maximum absolute atomic E-state index is 12.0. The van der Waals surface area contributed by atoms with Crippen LogP contribution in [-0.4, -0.2) is 28.9 Å². The van der Waals surface area contributed by atoms with E-state index in [2.05, 4.69) is 35.6 Å². The first-order valence-corrected chi connectivity index (χ1v) is 10.9. The molecule has 1 aromatic heterocycles. The predicted octanol–water partition coefficient (Wildman–Crippen LogP) is 5.06. The molecule has 4 nitrogen and oxygen atoms in total. The molecule has 0 spiro atoms. The average molecular weight is 388 g/mol. The second kappa shape index (κ2) is 7.33. The van der Waals surface area contributed by atoms with Crippen molar-refractivity contribution in [2.75, 3.05) is 11.9 Å². The smallest absolute Gasteiger partial charge is 0.127 e. The van der Waals surface area contributed by atoms with Crippen molar-refractivity contribution in [3.63, 3.8) is 0 Å². The van der Waals surface area contributed by atoms with Gasteiger partial charge in [0.25, 0.3) is 0 Å². The lowest BCUT2D eigenvalue weighted by Crippen LogP contribution is -2.33. The second-order valence-corrected chi connectivity index (χ2v) is 8.77. The highest BCUT2D eigenvalue weighted by molar-refractivity contribution is 5.86. The number of carbonyl (C=O) groups excluding carboxylic acids is 1. The monoisotopic (exact) mass is 387 g/mol. The van der Waals surface area contributed by atoms with Gasteiger partial charge in [-0.2, -0.15) is 0 Å². The third-order valence-corrected chi connectivity index (χ3v) is 7.10. The molecular formula is C25H29N3O. The van der Waals surface area contributed by atoms with Crippen LogP contribution in [-0.2, 0) is 17.6 Å². The van der Waals surface area contributed by atoms with E-state index in [0.29, 0.717) is 18.5 Å². The van der Waals surface area contributed by atoms with E-state index in [9.17, 15) is 4.79 Å². The standard InChI is InChI=1S/C25H29N3O/c1-17-11-12-21-22(27(17)2)13-14-23-25(21)26-24(28(23)20-9-6-10-20)15-19(16-29)18-7-4-3-5-8-18/h3-5,7-8,13-14,16-17,19-20H,6,9-12,15H2,1-2H3. The first kappa shape index (κ1) is 18.4. The average Bonchev–Trinajstić information content (AvgIpc) is 3.06. The zero-order chi connectivity index (χ0) is 20.0. The van der Waals surface area contributed by atoms with Crippen LogP contribution >= 0.6 is 0 Å². The van der Waals surface area contributed by atoms with Crippen LogP contribution in [0, 0.1) is 0 Å². The molecule has 4 heteroatoms. The molecule has 1 aliphatic carbocycles. The number of aromatic nitrogens is 2. The number of anilines is 1. The summed E-state index contributed by atoms with van der Waals surface area (Å²) in [6, 6.07) is 15.7. The number of nitrogens with zero attached hydrogens (tertiary/aromatic N) is 3. The van der Waals surface area contributed by atoms with Crippen LogP contribution in [0.4, 0.5) is 5.69 Å². The highest BCUT2D eigenvalue weighted by Gasteiger charge is 2.29. The maximum Gasteiger partial charge on any atom is 0.127 e.